The lowest BCUT2D eigenvalue weighted by molar-refractivity contribution is -0.152. The average Bonchev–Trinajstić information content (AvgIpc) is 2.28. The van der Waals surface area contributed by atoms with Crippen LogP contribution >= 0.6 is 0 Å². The summed E-state index contributed by atoms with van der Waals surface area (Å²) in [5.74, 6) is -0.107. The van der Waals surface area contributed by atoms with E-state index < -0.39 is 5.60 Å². The zero-order valence-corrected chi connectivity index (χ0v) is 9.05. The third-order valence-corrected chi connectivity index (χ3v) is 2.97. The molecule has 0 saturated carbocycles. The Morgan fingerprint density at radius 1 is 1.36 bits per heavy atom. The molecule has 1 fully saturated rings. The second-order valence-corrected chi connectivity index (χ2v) is 3.78. The third kappa shape index (κ3) is 2.25. The molecule has 1 saturated heterocycles. The Bertz CT molecular complexity index is 196. The van der Waals surface area contributed by atoms with E-state index in [0.29, 0.717) is 25.9 Å². The Kier molecular flexibility index (Phi) is 3.89. The number of carbonyl (C=O) groups excluding carboxylic acids is 1. The predicted octanol–water partition coefficient (Wildman–Crippen LogP) is -0.0307. The van der Waals surface area contributed by atoms with Gasteiger partial charge in [0.05, 0.1) is 0 Å². The standard InChI is InChI=1S/C10H20N2O2/c1-3-10(14,4-2)9(13)12-7-5-11-6-8-12/h11,14H,3-8H2,1-2H3. The van der Waals surface area contributed by atoms with Crippen LogP contribution in [0.4, 0.5) is 0 Å². The Hall–Kier alpha value is -0.610. The summed E-state index contributed by atoms with van der Waals surface area (Å²) in [7, 11) is 0. The number of amides is 1. The number of carbonyl (C=O) groups is 1. The molecular formula is C10H20N2O2. The fourth-order valence-corrected chi connectivity index (χ4v) is 1.71. The molecule has 14 heavy (non-hydrogen) atoms. The van der Waals surface area contributed by atoms with Crippen LogP contribution in [0.25, 0.3) is 0 Å². The van der Waals surface area contributed by atoms with Crippen LogP contribution in [0.3, 0.4) is 0 Å². The van der Waals surface area contributed by atoms with E-state index in [0.717, 1.165) is 13.1 Å². The number of hydrogen-bond donors (Lipinski definition) is 2. The maximum absolute atomic E-state index is 11.9. The molecule has 1 heterocycles. The van der Waals surface area contributed by atoms with E-state index in [-0.39, 0.29) is 5.91 Å². The highest BCUT2D eigenvalue weighted by molar-refractivity contribution is 5.85. The molecule has 82 valence electrons. The quantitative estimate of drug-likeness (QED) is 0.672. The summed E-state index contributed by atoms with van der Waals surface area (Å²) in [6.07, 6.45) is 0.985. The Morgan fingerprint density at radius 2 is 1.86 bits per heavy atom. The minimum atomic E-state index is -1.14. The molecular weight excluding hydrogens is 180 g/mol. The molecule has 1 rings (SSSR count). The Morgan fingerprint density at radius 3 is 2.29 bits per heavy atom. The van der Waals surface area contributed by atoms with Crippen molar-refractivity contribution < 1.29 is 9.90 Å². The lowest BCUT2D eigenvalue weighted by Gasteiger charge is -2.34. The summed E-state index contributed by atoms with van der Waals surface area (Å²) in [6, 6.07) is 0. The first-order valence-electron chi connectivity index (χ1n) is 5.36. The van der Waals surface area contributed by atoms with Gasteiger partial charge in [0.15, 0.2) is 0 Å². The Labute approximate surface area is 85.3 Å². The molecule has 0 aromatic carbocycles. The topological polar surface area (TPSA) is 52.6 Å². The summed E-state index contributed by atoms with van der Waals surface area (Å²) in [5, 5.41) is 13.2. The highest BCUT2D eigenvalue weighted by Crippen LogP contribution is 2.18. The van der Waals surface area contributed by atoms with Crippen molar-refractivity contribution >= 4 is 5.91 Å². The fraction of sp³-hybridized carbons (Fsp3) is 0.900. The average molecular weight is 200 g/mol. The minimum absolute atomic E-state index is 0.107. The molecule has 0 radical (unpaired) electrons. The van der Waals surface area contributed by atoms with Crippen molar-refractivity contribution in [3.05, 3.63) is 0 Å². The SMILES string of the molecule is CCC(O)(CC)C(=O)N1CCNCC1. The summed E-state index contributed by atoms with van der Waals surface area (Å²) in [5.41, 5.74) is -1.14. The van der Waals surface area contributed by atoms with Crippen LogP contribution in [0.5, 0.6) is 0 Å². The lowest BCUT2D eigenvalue weighted by Crippen LogP contribution is -2.54. The summed E-state index contributed by atoms with van der Waals surface area (Å²) >= 11 is 0. The van der Waals surface area contributed by atoms with Crippen molar-refractivity contribution in [1.29, 1.82) is 0 Å². The summed E-state index contributed by atoms with van der Waals surface area (Å²) in [6.45, 7) is 6.78. The van der Waals surface area contributed by atoms with Gasteiger partial charge in [-0.1, -0.05) is 13.8 Å². The molecule has 4 heteroatoms. The van der Waals surface area contributed by atoms with Gasteiger partial charge in [0.1, 0.15) is 5.60 Å². The predicted molar refractivity (Wildman–Crippen MR) is 55.0 cm³/mol. The monoisotopic (exact) mass is 200 g/mol. The second kappa shape index (κ2) is 4.75. The molecule has 0 atom stereocenters. The first-order chi connectivity index (χ1) is 6.64. The molecule has 0 spiro atoms. The fourth-order valence-electron chi connectivity index (χ4n) is 1.71. The van der Waals surface area contributed by atoms with Gasteiger partial charge in [-0.25, -0.2) is 0 Å². The van der Waals surface area contributed by atoms with Gasteiger partial charge in [0.2, 0.25) is 0 Å². The van der Waals surface area contributed by atoms with Crippen LogP contribution in [-0.2, 0) is 4.79 Å². The molecule has 1 aliphatic rings. The van der Waals surface area contributed by atoms with Gasteiger partial charge in [0.25, 0.3) is 5.91 Å². The van der Waals surface area contributed by atoms with Gasteiger partial charge >= 0.3 is 0 Å². The first-order valence-corrected chi connectivity index (χ1v) is 5.36. The highest BCUT2D eigenvalue weighted by Gasteiger charge is 2.35. The Balaban J connectivity index is 2.61. The zero-order valence-electron chi connectivity index (χ0n) is 9.05. The van der Waals surface area contributed by atoms with Crippen molar-refractivity contribution in [2.24, 2.45) is 0 Å². The molecule has 0 aromatic rings. The molecule has 1 amide bonds. The molecule has 2 N–H and O–H groups in total. The van der Waals surface area contributed by atoms with E-state index >= 15 is 0 Å². The number of nitrogens with zero attached hydrogens (tertiary/aromatic N) is 1. The second-order valence-electron chi connectivity index (χ2n) is 3.78. The van der Waals surface area contributed by atoms with Crippen molar-refractivity contribution in [2.75, 3.05) is 26.2 Å². The van der Waals surface area contributed by atoms with Gasteiger partial charge in [-0.2, -0.15) is 0 Å². The van der Waals surface area contributed by atoms with E-state index in [9.17, 15) is 9.90 Å². The largest absolute Gasteiger partial charge is 0.380 e. The number of hydrogen-bond acceptors (Lipinski definition) is 3. The molecule has 0 unspecified atom stereocenters. The van der Waals surface area contributed by atoms with Crippen molar-refractivity contribution in [3.8, 4) is 0 Å². The number of nitrogens with one attached hydrogen (secondary N) is 1. The maximum atomic E-state index is 11.9. The number of piperazine rings is 1. The van der Waals surface area contributed by atoms with Gasteiger partial charge in [0, 0.05) is 26.2 Å². The van der Waals surface area contributed by atoms with Crippen molar-refractivity contribution in [2.45, 2.75) is 32.3 Å². The van der Waals surface area contributed by atoms with Gasteiger partial charge in [-0.05, 0) is 12.8 Å². The zero-order chi connectivity index (χ0) is 10.6. The van der Waals surface area contributed by atoms with E-state index in [2.05, 4.69) is 5.32 Å². The van der Waals surface area contributed by atoms with E-state index in [1.54, 1.807) is 4.90 Å². The maximum Gasteiger partial charge on any atom is 0.254 e. The van der Waals surface area contributed by atoms with Crippen LogP contribution in [0.2, 0.25) is 0 Å². The number of aliphatic hydroxyl groups is 1. The lowest BCUT2D eigenvalue weighted by atomic mass is 9.95. The normalized spacial score (nSPS) is 18.4. The summed E-state index contributed by atoms with van der Waals surface area (Å²) in [4.78, 5) is 13.7. The van der Waals surface area contributed by atoms with Crippen molar-refractivity contribution in [1.82, 2.24) is 10.2 Å². The van der Waals surface area contributed by atoms with Gasteiger partial charge in [-0.15, -0.1) is 0 Å². The third-order valence-electron chi connectivity index (χ3n) is 2.97. The van der Waals surface area contributed by atoms with Crippen molar-refractivity contribution in [3.63, 3.8) is 0 Å². The molecule has 1 aliphatic heterocycles. The van der Waals surface area contributed by atoms with Crippen LogP contribution in [0.15, 0.2) is 0 Å². The molecule has 4 nitrogen and oxygen atoms in total. The first kappa shape index (κ1) is 11.5. The van der Waals surface area contributed by atoms with Gasteiger partial charge < -0.3 is 15.3 Å². The van der Waals surface area contributed by atoms with Crippen LogP contribution in [-0.4, -0.2) is 47.7 Å². The van der Waals surface area contributed by atoms with E-state index in [1.807, 2.05) is 13.8 Å². The molecule has 0 aliphatic carbocycles. The highest BCUT2D eigenvalue weighted by atomic mass is 16.3. The van der Waals surface area contributed by atoms with Crippen LogP contribution in [0, 0.1) is 0 Å². The summed E-state index contributed by atoms with van der Waals surface area (Å²) < 4.78 is 0. The van der Waals surface area contributed by atoms with Crippen LogP contribution < -0.4 is 5.32 Å². The van der Waals surface area contributed by atoms with Crippen LogP contribution in [0.1, 0.15) is 26.7 Å². The molecule has 0 bridgehead atoms. The van der Waals surface area contributed by atoms with E-state index in [1.165, 1.54) is 0 Å². The minimum Gasteiger partial charge on any atom is -0.380 e. The van der Waals surface area contributed by atoms with Gasteiger partial charge in [-0.3, -0.25) is 4.79 Å². The number of rotatable bonds is 3. The molecule has 0 aromatic heterocycles. The smallest absolute Gasteiger partial charge is 0.254 e. The van der Waals surface area contributed by atoms with E-state index in [4.69, 9.17) is 0 Å².